The lowest BCUT2D eigenvalue weighted by molar-refractivity contribution is 0.845. The molecule has 0 amide bonds. The van der Waals surface area contributed by atoms with Gasteiger partial charge in [0, 0.05) is 24.0 Å². The van der Waals surface area contributed by atoms with Crippen LogP contribution in [0.1, 0.15) is 29.5 Å². The van der Waals surface area contributed by atoms with Crippen molar-refractivity contribution in [3.05, 3.63) is 41.0 Å². The van der Waals surface area contributed by atoms with E-state index in [9.17, 15) is 0 Å². The van der Waals surface area contributed by atoms with Crippen molar-refractivity contribution in [2.75, 3.05) is 17.1 Å². The lowest BCUT2D eigenvalue weighted by Crippen LogP contribution is -2.09. The zero-order valence-corrected chi connectivity index (χ0v) is 13.3. The summed E-state index contributed by atoms with van der Waals surface area (Å²) in [7, 11) is 2.83. The summed E-state index contributed by atoms with van der Waals surface area (Å²) in [6, 6.07) is 8.96. The maximum atomic E-state index is 6.20. The molecule has 1 heterocycles. The number of hydrogen-bond donors (Lipinski definition) is 0. The zero-order valence-electron chi connectivity index (χ0n) is 11.4. The Morgan fingerprint density at radius 1 is 1.42 bits per heavy atom. The third kappa shape index (κ3) is 1.95. The van der Waals surface area contributed by atoms with Crippen LogP contribution in [0, 0.1) is 6.92 Å². The largest absolute Gasteiger partial charge is 0.355 e. The van der Waals surface area contributed by atoms with Crippen LogP contribution < -0.4 is 4.67 Å². The Bertz CT molecular complexity index is 638. The van der Waals surface area contributed by atoms with Crippen molar-refractivity contribution in [1.29, 1.82) is 0 Å². The number of halogens is 1. The minimum Gasteiger partial charge on any atom is -0.355 e. The SMILES string of the molecule is CCc1cccc2c(C)cc3c(c12)[C@H](CCl)CN3P. The fourth-order valence-corrected chi connectivity index (χ4v) is 3.95. The predicted molar refractivity (Wildman–Crippen MR) is 88.6 cm³/mol. The molecule has 0 fully saturated rings. The molecular formula is C16H19ClNP. The highest BCUT2D eigenvalue weighted by Crippen LogP contribution is 2.45. The van der Waals surface area contributed by atoms with E-state index >= 15 is 0 Å². The maximum Gasteiger partial charge on any atom is 0.0440 e. The molecular weight excluding hydrogens is 273 g/mol. The van der Waals surface area contributed by atoms with E-state index in [4.69, 9.17) is 11.6 Å². The molecule has 1 aliphatic rings. The summed E-state index contributed by atoms with van der Waals surface area (Å²) < 4.78 is 2.27. The smallest absolute Gasteiger partial charge is 0.0440 e. The fraction of sp³-hybridized carbons (Fsp3) is 0.375. The molecule has 0 saturated heterocycles. The number of fused-ring (bicyclic) bond motifs is 3. The van der Waals surface area contributed by atoms with Gasteiger partial charge >= 0.3 is 0 Å². The van der Waals surface area contributed by atoms with E-state index in [0.29, 0.717) is 11.8 Å². The molecule has 1 unspecified atom stereocenters. The highest BCUT2D eigenvalue weighted by molar-refractivity contribution is 7.19. The average Bonchev–Trinajstić information content (AvgIpc) is 2.75. The van der Waals surface area contributed by atoms with Crippen molar-refractivity contribution in [1.82, 2.24) is 0 Å². The first kappa shape index (κ1) is 13.2. The van der Waals surface area contributed by atoms with Crippen molar-refractivity contribution in [3.8, 4) is 0 Å². The second kappa shape index (κ2) is 4.96. The number of aryl methyl sites for hydroxylation is 2. The molecule has 1 aliphatic heterocycles. The molecule has 2 aromatic rings. The van der Waals surface area contributed by atoms with E-state index in [0.717, 1.165) is 13.0 Å². The van der Waals surface area contributed by atoms with Gasteiger partial charge in [-0.05, 0) is 56.3 Å². The van der Waals surface area contributed by atoms with Crippen LogP contribution in [0.5, 0.6) is 0 Å². The van der Waals surface area contributed by atoms with E-state index < -0.39 is 0 Å². The normalized spacial score (nSPS) is 18.1. The minimum absolute atomic E-state index is 0.435. The Morgan fingerprint density at radius 3 is 2.89 bits per heavy atom. The van der Waals surface area contributed by atoms with Gasteiger partial charge in [0.05, 0.1) is 0 Å². The number of anilines is 1. The van der Waals surface area contributed by atoms with Gasteiger partial charge in [-0.25, -0.2) is 0 Å². The van der Waals surface area contributed by atoms with Crippen molar-refractivity contribution >= 4 is 37.5 Å². The molecule has 0 bridgehead atoms. The summed E-state index contributed by atoms with van der Waals surface area (Å²) in [5.41, 5.74) is 5.57. The molecule has 3 heteroatoms. The highest BCUT2D eigenvalue weighted by atomic mass is 35.5. The van der Waals surface area contributed by atoms with Crippen LogP contribution in [0.4, 0.5) is 5.69 Å². The van der Waals surface area contributed by atoms with Gasteiger partial charge in [-0.1, -0.05) is 25.1 Å². The second-order valence-corrected chi connectivity index (χ2v) is 6.26. The van der Waals surface area contributed by atoms with E-state index in [1.165, 1.54) is 33.2 Å². The van der Waals surface area contributed by atoms with Gasteiger partial charge in [-0.15, -0.1) is 11.6 Å². The first-order chi connectivity index (χ1) is 9.17. The Balaban J connectivity index is 2.43. The second-order valence-electron chi connectivity index (χ2n) is 5.32. The quantitative estimate of drug-likeness (QED) is 0.575. The Labute approximate surface area is 122 Å². The van der Waals surface area contributed by atoms with Gasteiger partial charge in [0.15, 0.2) is 0 Å². The van der Waals surface area contributed by atoms with Gasteiger partial charge in [-0.2, -0.15) is 0 Å². The van der Waals surface area contributed by atoms with E-state index in [1.54, 1.807) is 0 Å². The number of benzene rings is 2. The molecule has 2 aromatic carbocycles. The molecule has 0 radical (unpaired) electrons. The van der Waals surface area contributed by atoms with Crippen molar-refractivity contribution < 1.29 is 0 Å². The summed E-state index contributed by atoms with van der Waals surface area (Å²) in [6.07, 6.45) is 1.07. The Hall–Kier alpha value is -0.780. The van der Waals surface area contributed by atoms with Crippen LogP contribution in [-0.4, -0.2) is 12.4 Å². The number of nitrogens with zero attached hydrogens (tertiary/aromatic N) is 1. The van der Waals surface area contributed by atoms with E-state index in [2.05, 4.69) is 52.2 Å². The van der Waals surface area contributed by atoms with Crippen molar-refractivity contribution in [2.45, 2.75) is 26.2 Å². The van der Waals surface area contributed by atoms with E-state index in [-0.39, 0.29) is 0 Å². The summed E-state index contributed by atoms with van der Waals surface area (Å²) in [5.74, 6) is 1.12. The van der Waals surface area contributed by atoms with Crippen molar-refractivity contribution in [2.24, 2.45) is 0 Å². The molecule has 0 N–H and O–H groups in total. The molecule has 0 spiro atoms. The summed E-state index contributed by atoms with van der Waals surface area (Å²) >= 11 is 6.20. The molecule has 3 rings (SSSR count). The number of hydrogen-bond acceptors (Lipinski definition) is 1. The monoisotopic (exact) mass is 291 g/mol. The average molecular weight is 292 g/mol. The molecule has 100 valence electrons. The lowest BCUT2D eigenvalue weighted by Gasteiger charge is -2.16. The molecule has 2 atom stereocenters. The summed E-state index contributed by atoms with van der Waals surface area (Å²) in [5, 5.41) is 2.82. The summed E-state index contributed by atoms with van der Waals surface area (Å²) in [6.45, 7) is 5.43. The van der Waals surface area contributed by atoms with Crippen LogP contribution in [0.15, 0.2) is 24.3 Å². The fourth-order valence-electron chi connectivity index (χ4n) is 3.23. The van der Waals surface area contributed by atoms with E-state index in [1.807, 2.05) is 0 Å². The van der Waals surface area contributed by atoms with Gasteiger partial charge in [-0.3, -0.25) is 0 Å². The maximum absolute atomic E-state index is 6.20. The van der Waals surface area contributed by atoms with Gasteiger partial charge in [0.25, 0.3) is 0 Å². The summed E-state index contributed by atoms with van der Waals surface area (Å²) in [4.78, 5) is 0. The highest BCUT2D eigenvalue weighted by Gasteiger charge is 2.29. The molecule has 19 heavy (non-hydrogen) atoms. The zero-order chi connectivity index (χ0) is 13.6. The van der Waals surface area contributed by atoms with Gasteiger partial charge < -0.3 is 4.67 Å². The van der Waals surface area contributed by atoms with Gasteiger partial charge in [0.1, 0.15) is 0 Å². The van der Waals surface area contributed by atoms with Crippen LogP contribution in [-0.2, 0) is 6.42 Å². The third-order valence-corrected chi connectivity index (χ3v) is 5.04. The first-order valence-corrected chi connectivity index (χ1v) is 7.85. The van der Waals surface area contributed by atoms with Crippen molar-refractivity contribution in [3.63, 3.8) is 0 Å². The third-order valence-electron chi connectivity index (χ3n) is 4.18. The lowest BCUT2D eigenvalue weighted by atomic mass is 9.90. The topological polar surface area (TPSA) is 3.24 Å². The van der Waals surface area contributed by atoms with Crippen LogP contribution in [0.3, 0.4) is 0 Å². The molecule has 0 aromatic heterocycles. The predicted octanol–water partition coefficient (Wildman–Crippen LogP) is 4.64. The minimum atomic E-state index is 0.435. The number of alkyl halides is 1. The Kier molecular flexibility index (Phi) is 3.45. The Morgan fingerprint density at radius 2 is 2.21 bits per heavy atom. The molecule has 0 aliphatic carbocycles. The first-order valence-electron chi connectivity index (χ1n) is 6.80. The van der Waals surface area contributed by atoms with Gasteiger partial charge in [0.2, 0.25) is 0 Å². The van der Waals surface area contributed by atoms with Crippen LogP contribution >= 0.6 is 21.0 Å². The molecule has 0 saturated carbocycles. The van der Waals surface area contributed by atoms with Crippen LogP contribution in [0.25, 0.3) is 10.8 Å². The number of rotatable bonds is 2. The standard InChI is InChI=1S/C16H19ClNP/c1-3-11-5-4-6-13-10(2)7-14-16(15(11)13)12(8-17)9-18(14)19/h4-7,12H,3,8-9,19H2,1-2H3/t12-/m1/s1. The van der Waals surface area contributed by atoms with Crippen LogP contribution in [0.2, 0.25) is 0 Å². The molecule has 1 nitrogen and oxygen atoms in total.